The van der Waals surface area contributed by atoms with E-state index in [4.69, 9.17) is 11.6 Å². The number of aromatic amines is 1. The highest BCUT2D eigenvalue weighted by atomic mass is 35.5. The Morgan fingerprint density at radius 2 is 2.25 bits per heavy atom. The third-order valence-corrected chi connectivity index (χ3v) is 3.23. The Labute approximate surface area is 120 Å². The van der Waals surface area contributed by atoms with Crippen LogP contribution in [0.2, 0.25) is 5.02 Å². The Hall–Kier alpha value is -2.33. The molecule has 0 spiro atoms. The summed E-state index contributed by atoms with van der Waals surface area (Å²) in [5.74, 6) is 0.0946. The van der Waals surface area contributed by atoms with Crippen LogP contribution in [0.15, 0.2) is 47.7 Å². The van der Waals surface area contributed by atoms with Gasteiger partial charge in [-0.3, -0.25) is 9.98 Å². The molecule has 0 aliphatic carbocycles. The van der Waals surface area contributed by atoms with Gasteiger partial charge in [-0.2, -0.15) is 0 Å². The molecule has 5 heteroatoms. The summed E-state index contributed by atoms with van der Waals surface area (Å²) in [6.07, 6.45) is 5.16. The monoisotopic (exact) mass is 285 g/mol. The first-order chi connectivity index (χ1) is 9.74. The van der Waals surface area contributed by atoms with Gasteiger partial charge >= 0.3 is 0 Å². The van der Waals surface area contributed by atoms with Crippen molar-refractivity contribution in [1.82, 2.24) is 9.97 Å². The van der Waals surface area contributed by atoms with Gasteiger partial charge in [0.2, 0.25) is 0 Å². The second-order valence-corrected chi connectivity index (χ2v) is 4.84. The number of fused-ring (bicyclic) bond motifs is 1. The third kappa shape index (κ3) is 2.51. The molecule has 0 saturated heterocycles. The van der Waals surface area contributed by atoms with Crippen molar-refractivity contribution in [3.05, 3.63) is 58.9 Å². The minimum Gasteiger partial charge on any atom is -0.494 e. The fourth-order valence-electron chi connectivity index (χ4n) is 2.04. The minimum absolute atomic E-state index is 0.0946. The molecular weight excluding hydrogens is 274 g/mol. The van der Waals surface area contributed by atoms with Gasteiger partial charge in [0.05, 0.1) is 17.6 Å². The van der Waals surface area contributed by atoms with E-state index in [0.717, 1.165) is 16.5 Å². The lowest BCUT2D eigenvalue weighted by Gasteiger charge is -1.95. The first-order valence-corrected chi connectivity index (χ1v) is 6.51. The van der Waals surface area contributed by atoms with Gasteiger partial charge in [0, 0.05) is 29.0 Å². The third-order valence-electron chi connectivity index (χ3n) is 3.00. The van der Waals surface area contributed by atoms with Gasteiger partial charge in [-0.1, -0.05) is 23.7 Å². The van der Waals surface area contributed by atoms with Gasteiger partial charge in [0.1, 0.15) is 0 Å². The average molecular weight is 286 g/mol. The van der Waals surface area contributed by atoms with Gasteiger partial charge in [0.25, 0.3) is 0 Å². The van der Waals surface area contributed by atoms with E-state index in [1.165, 1.54) is 0 Å². The zero-order chi connectivity index (χ0) is 13.9. The predicted octanol–water partition coefficient (Wildman–Crippen LogP) is 3.54. The fraction of sp³-hybridized carbons (Fsp3) is 0.0667. The lowest BCUT2D eigenvalue weighted by Crippen LogP contribution is -1.85. The van der Waals surface area contributed by atoms with E-state index in [1.54, 1.807) is 30.7 Å². The van der Waals surface area contributed by atoms with Crippen LogP contribution in [0.3, 0.4) is 0 Å². The number of H-pyrrole nitrogens is 1. The molecule has 0 amide bonds. The number of hydrogen-bond acceptors (Lipinski definition) is 3. The molecular formula is C15H12ClN3O. The number of rotatable bonds is 3. The van der Waals surface area contributed by atoms with E-state index >= 15 is 0 Å². The Kier molecular flexibility index (Phi) is 3.39. The Morgan fingerprint density at radius 3 is 3.05 bits per heavy atom. The maximum atomic E-state index is 9.92. The number of benzene rings is 1. The van der Waals surface area contributed by atoms with Crippen LogP contribution < -0.4 is 0 Å². The van der Waals surface area contributed by atoms with Crippen LogP contribution in [0.25, 0.3) is 10.9 Å². The number of aromatic nitrogens is 2. The second kappa shape index (κ2) is 5.35. The van der Waals surface area contributed by atoms with Gasteiger partial charge < -0.3 is 10.1 Å². The topological polar surface area (TPSA) is 61.3 Å². The first kappa shape index (κ1) is 12.7. The van der Waals surface area contributed by atoms with Crippen LogP contribution in [0.4, 0.5) is 0 Å². The number of nitrogens with one attached hydrogen (secondary N) is 1. The van der Waals surface area contributed by atoms with E-state index in [2.05, 4.69) is 15.0 Å². The fourth-order valence-corrected chi connectivity index (χ4v) is 2.21. The van der Waals surface area contributed by atoms with Crippen LogP contribution in [0.1, 0.15) is 11.1 Å². The first-order valence-electron chi connectivity index (χ1n) is 6.13. The number of hydrogen-bond donors (Lipinski definition) is 2. The molecule has 2 N–H and O–H groups in total. The number of aliphatic imine (C=N–C) groups is 1. The van der Waals surface area contributed by atoms with Crippen molar-refractivity contribution >= 4 is 28.7 Å². The van der Waals surface area contributed by atoms with Crippen LogP contribution in [-0.4, -0.2) is 21.3 Å². The maximum absolute atomic E-state index is 9.92. The highest BCUT2D eigenvalue weighted by Gasteiger charge is 2.08. The zero-order valence-electron chi connectivity index (χ0n) is 10.5. The standard InChI is InChI=1S/C15H12ClN3O/c16-11-3-4-12-13(15(20)19-14(12)6-11)9-18-8-10-2-1-5-17-7-10/h1-7,9,19-20H,8H2. The molecule has 0 radical (unpaired) electrons. The highest BCUT2D eigenvalue weighted by molar-refractivity contribution is 6.31. The van der Waals surface area contributed by atoms with Crippen LogP contribution in [0.5, 0.6) is 5.88 Å². The molecule has 0 saturated carbocycles. The molecule has 20 heavy (non-hydrogen) atoms. The number of pyridine rings is 1. The Morgan fingerprint density at radius 1 is 1.35 bits per heavy atom. The largest absolute Gasteiger partial charge is 0.494 e. The summed E-state index contributed by atoms with van der Waals surface area (Å²) in [6.45, 7) is 0.521. The summed E-state index contributed by atoms with van der Waals surface area (Å²) in [7, 11) is 0. The molecule has 0 bridgehead atoms. The Balaban J connectivity index is 1.89. The van der Waals surface area contributed by atoms with Gasteiger partial charge in [-0.05, 0) is 23.8 Å². The van der Waals surface area contributed by atoms with Crippen molar-refractivity contribution in [3.63, 3.8) is 0 Å². The van der Waals surface area contributed by atoms with Crippen LogP contribution in [-0.2, 0) is 6.54 Å². The van der Waals surface area contributed by atoms with E-state index < -0.39 is 0 Å². The number of halogens is 1. The molecule has 0 atom stereocenters. The lowest BCUT2D eigenvalue weighted by molar-refractivity contribution is 0.457. The lowest BCUT2D eigenvalue weighted by atomic mass is 10.2. The zero-order valence-corrected chi connectivity index (χ0v) is 11.3. The smallest absolute Gasteiger partial charge is 0.198 e. The summed E-state index contributed by atoms with van der Waals surface area (Å²) in [4.78, 5) is 11.3. The number of nitrogens with zero attached hydrogens (tertiary/aromatic N) is 2. The predicted molar refractivity (Wildman–Crippen MR) is 80.5 cm³/mol. The maximum Gasteiger partial charge on any atom is 0.198 e. The molecule has 2 aromatic heterocycles. The molecule has 3 rings (SSSR count). The summed E-state index contributed by atoms with van der Waals surface area (Å²) in [5, 5.41) is 11.4. The minimum atomic E-state index is 0.0946. The van der Waals surface area contributed by atoms with Crippen molar-refractivity contribution < 1.29 is 5.11 Å². The molecule has 0 fully saturated rings. The molecule has 3 aromatic rings. The molecule has 0 aliphatic heterocycles. The van der Waals surface area contributed by atoms with Crippen LogP contribution >= 0.6 is 11.6 Å². The average Bonchev–Trinajstić information content (AvgIpc) is 2.75. The van der Waals surface area contributed by atoms with Crippen molar-refractivity contribution in [1.29, 1.82) is 0 Å². The number of aromatic hydroxyl groups is 1. The molecule has 0 unspecified atom stereocenters. The molecule has 4 nitrogen and oxygen atoms in total. The van der Waals surface area contributed by atoms with E-state index in [1.807, 2.05) is 18.2 Å². The summed E-state index contributed by atoms with van der Waals surface area (Å²) in [6, 6.07) is 9.25. The summed E-state index contributed by atoms with van der Waals surface area (Å²) >= 11 is 5.92. The van der Waals surface area contributed by atoms with E-state index in [-0.39, 0.29) is 5.88 Å². The van der Waals surface area contributed by atoms with Gasteiger partial charge in [-0.15, -0.1) is 0 Å². The highest BCUT2D eigenvalue weighted by Crippen LogP contribution is 2.27. The van der Waals surface area contributed by atoms with E-state index in [0.29, 0.717) is 17.1 Å². The van der Waals surface area contributed by atoms with E-state index in [9.17, 15) is 5.11 Å². The molecule has 1 aromatic carbocycles. The molecule has 100 valence electrons. The second-order valence-electron chi connectivity index (χ2n) is 4.41. The van der Waals surface area contributed by atoms with Crippen molar-refractivity contribution in [2.24, 2.45) is 4.99 Å². The SMILES string of the molecule is Oc1[nH]c2cc(Cl)ccc2c1C=NCc1cccnc1. The van der Waals surface area contributed by atoms with Crippen molar-refractivity contribution in [3.8, 4) is 5.88 Å². The normalized spacial score (nSPS) is 11.4. The quantitative estimate of drug-likeness (QED) is 0.723. The van der Waals surface area contributed by atoms with Crippen LogP contribution in [0, 0.1) is 0 Å². The summed E-state index contributed by atoms with van der Waals surface area (Å²) < 4.78 is 0. The van der Waals surface area contributed by atoms with Crippen molar-refractivity contribution in [2.75, 3.05) is 0 Å². The summed E-state index contributed by atoms with van der Waals surface area (Å²) in [5.41, 5.74) is 2.48. The Bertz CT molecular complexity index is 765. The van der Waals surface area contributed by atoms with Gasteiger partial charge in [-0.25, -0.2) is 0 Å². The molecule has 2 heterocycles. The van der Waals surface area contributed by atoms with Gasteiger partial charge in [0.15, 0.2) is 5.88 Å². The molecule has 0 aliphatic rings. The van der Waals surface area contributed by atoms with Crippen molar-refractivity contribution in [2.45, 2.75) is 6.54 Å².